The Balaban J connectivity index is 1.88. The summed E-state index contributed by atoms with van der Waals surface area (Å²) in [6, 6.07) is 12.0. The van der Waals surface area contributed by atoms with Crippen LogP contribution in [0.4, 0.5) is 5.69 Å². The van der Waals surface area contributed by atoms with Crippen molar-refractivity contribution >= 4 is 46.0 Å². The third-order valence-electron chi connectivity index (χ3n) is 3.08. The van der Waals surface area contributed by atoms with Crippen molar-refractivity contribution in [3.8, 4) is 5.75 Å². The summed E-state index contributed by atoms with van der Waals surface area (Å²) in [4.78, 5) is 4.26. The van der Waals surface area contributed by atoms with Gasteiger partial charge in [-0.3, -0.25) is 10.4 Å². The van der Waals surface area contributed by atoms with Gasteiger partial charge in [0, 0.05) is 27.2 Å². The molecule has 0 amide bonds. The fourth-order valence-corrected chi connectivity index (χ4v) is 2.37. The molecule has 1 aromatic heterocycles. The van der Waals surface area contributed by atoms with E-state index in [0.717, 1.165) is 16.6 Å². The van der Waals surface area contributed by atoms with E-state index < -0.39 is 0 Å². The van der Waals surface area contributed by atoms with E-state index >= 15 is 0 Å². The molecule has 3 rings (SSSR count). The molecule has 0 aliphatic carbocycles. The molecule has 0 saturated carbocycles. The fourth-order valence-electron chi connectivity index (χ4n) is 2.02. The standard InChI is InChI=1S/C16H11Cl2N3O/c17-11-2-4-16(22)10(7-11)9-20-21-14-5-6-19-15-8-12(18)1-3-13(14)15/h1-9,22H,(H,19,21)/b20-9-. The molecule has 0 bridgehead atoms. The van der Waals surface area contributed by atoms with Crippen molar-refractivity contribution in [3.63, 3.8) is 0 Å². The molecule has 22 heavy (non-hydrogen) atoms. The van der Waals surface area contributed by atoms with Gasteiger partial charge in [-0.25, -0.2) is 0 Å². The number of anilines is 1. The van der Waals surface area contributed by atoms with Gasteiger partial charge in [0.25, 0.3) is 0 Å². The highest BCUT2D eigenvalue weighted by Crippen LogP contribution is 2.24. The molecule has 0 aliphatic heterocycles. The molecular weight excluding hydrogens is 321 g/mol. The second-order valence-electron chi connectivity index (χ2n) is 4.59. The Morgan fingerprint density at radius 3 is 2.68 bits per heavy atom. The molecule has 110 valence electrons. The molecule has 2 N–H and O–H groups in total. The van der Waals surface area contributed by atoms with Crippen LogP contribution in [-0.4, -0.2) is 16.3 Å². The van der Waals surface area contributed by atoms with Crippen LogP contribution in [0.5, 0.6) is 5.75 Å². The van der Waals surface area contributed by atoms with Gasteiger partial charge in [0.15, 0.2) is 0 Å². The summed E-state index contributed by atoms with van der Waals surface area (Å²) < 4.78 is 0. The van der Waals surface area contributed by atoms with Crippen LogP contribution in [0.2, 0.25) is 10.0 Å². The number of nitrogens with zero attached hydrogens (tertiary/aromatic N) is 2. The molecule has 0 radical (unpaired) electrons. The molecule has 0 spiro atoms. The van der Waals surface area contributed by atoms with E-state index in [0.29, 0.717) is 15.6 Å². The third-order valence-corrected chi connectivity index (χ3v) is 3.55. The maximum atomic E-state index is 9.73. The number of phenolic OH excluding ortho intramolecular Hbond substituents is 1. The molecule has 4 nitrogen and oxygen atoms in total. The lowest BCUT2D eigenvalue weighted by Crippen LogP contribution is -1.93. The summed E-state index contributed by atoms with van der Waals surface area (Å²) >= 11 is 11.8. The summed E-state index contributed by atoms with van der Waals surface area (Å²) in [5.74, 6) is 0.112. The first kappa shape index (κ1) is 14.6. The monoisotopic (exact) mass is 331 g/mol. The largest absolute Gasteiger partial charge is 0.507 e. The van der Waals surface area contributed by atoms with Crippen LogP contribution in [0.25, 0.3) is 10.9 Å². The van der Waals surface area contributed by atoms with Crippen LogP contribution in [0.1, 0.15) is 5.56 Å². The average Bonchev–Trinajstić information content (AvgIpc) is 2.50. The van der Waals surface area contributed by atoms with Gasteiger partial charge in [-0.05, 0) is 42.5 Å². The van der Waals surface area contributed by atoms with Crippen molar-refractivity contribution in [1.29, 1.82) is 0 Å². The first-order chi connectivity index (χ1) is 10.6. The second-order valence-corrected chi connectivity index (χ2v) is 5.47. The zero-order valence-electron chi connectivity index (χ0n) is 11.3. The summed E-state index contributed by atoms with van der Waals surface area (Å²) in [7, 11) is 0. The first-order valence-corrected chi connectivity index (χ1v) is 7.21. The molecule has 0 aliphatic rings. The molecule has 0 fully saturated rings. The molecule has 3 aromatic rings. The molecule has 0 unspecified atom stereocenters. The number of hydrazone groups is 1. The molecule has 0 atom stereocenters. The summed E-state index contributed by atoms with van der Waals surface area (Å²) in [5, 5.41) is 15.9. The van der Waals surface area contributed by atoms with Crippen LogP contribution < -0.4 is 5.43 Å². The zero-order valence-corrected chi connectivity index (χ0v) is 12.8. The van der Waals surface area contributed by atoms with Gasteiger partial charge in [0.1, 0.15) is 5.75 Å². The Morgan fingerprint density at radius 2 is 1.82 bits per heavy atom. The number of rotatable bonds is 3. The van der Waals surface area contributed by atoms with E-state index in [-0.39, 0.29) is 5.75 Å². The van der Waals surface area contributed by atoms with Crippen molar-refractivity contribution in [3.05, 3.63) is 64.3 Å². The van der Waals surface area contributed by atoms with E-state index in [4.69, 9.17) is 23.2 Å². The van der Waals surface area contributed by atoms with Crippen molar-refractivity contribution in [1.82, 2.24) is 4.98 Å². The lowest BCUT2D eigenvalue weighted by molar-refractivity contribution is 0.474. The summed E-state index contributed by atoms with van der Waals surface area (Å²) in [6.07, 6.45) is 3.18. The van der Waals surface area contributed by atoms with Crippen molar-refractivity contribution in [2.45, 2.75) is 0 Å². The van der Waals surface area contributed by atoms with Crippen molar-refractivity contribution in [2.24, 2.45) is 5.10 Å². The number of fused-ring (bicyclic) bond motifs is 1. The van der Waals surface area contributed by atoms with Crippen LogP contribution in [0, 0.1) is 0 Å². The number of phenols is 1. The Morgan fingerprint density at radius 1 is 1.05 bits per heavy atom. The van der Waals surface area contributed by atoms with Gasteiger partial charge < -0.3 is 5.11 Å². The number of aromatic hydroxyl groups is 1. The predicted molar refractivity (Wildman–Crippen MR) is 91.1 cm³/mol. The van der Waals surface area contributed by atoms with Gasteiger partial charge >= 0.3 is 0 Å². The minimum atomic E-state index is 0.112. The number of halogens is 2. The Bertz CT molecular complexity index is 865. The SMILES string of the molecule is Oc1ccc(Cl)cc1/C=N\Nc1ccnc2cc(Cl)ccc12. The van der Waals surface area contributed by atoms with Crippen LogP contribution in [-0.2, 0) is 0 Å². The van der Waals surface area contributed by atoms with Gasteiger partial charge in [0.2, 0.25) is 0 Å². The minimum absolute atomic E-state index is 0.112. The summed E-state index contributed by atoms with van der Waals surface area (Å²) in [6.45, 7) is 0. The molecule has 6 heteroatoms. The third kappa shape index (κ3) is 3.13. The Labute approximate surface area is 137 Å². The number of benzene rings is 2. The second kappa shape index (κ2) is 6.22. The van der Waals surface area contributed by atoms with Crippen LogP contribution in [0.15, 0.2) is 53.8 Å². The molecule has 0 saturated heterocycles. The molecule has 1 heterocycles. The van der Waals surface area contributed by atoms with E-state index in [1.165, 1.54) is 12.3 Å². The number of aromatic nitrogens is 1. The maximum absolute atomic E-state index is 9.73. The Kier molecular flexibility index (Phi) is 4.13. The minimum Gasteiger partial charge on any atom is -0.507 e. The van der Waals surface area contributed by atoms with Gasteiger partial charge in [-0.2, -0.15) is 5.10 Å². The average molecular weight is 332 g/mol. The van der Waals surface area contributed by atoms with E-state index in [9.17, 15) is 5.11 Å². The van der Waals surface area contributed by atoms with E-state index in [1.807, 2.05) is 12.1 Å². The van der Waals surface area contributed by atoms with Gasteiger partial charge in [-0.1, -0.05) is 23.2 Å². The van der Waals surface area contributed by atoms with Gasteiger partial charge in [-0.15, -0.1) is 0 Å². The lowest BCUT2D eigenvalue weighted by Gasteiger charge is -2.05. The maximum Gasteiger partial charge on any atom is 0.124 e. The highest BCUT2D eigenvalue weighted by Gasteiger charge is 2.02. The van der Waals surface area contributed by atoms with Crippen LogP contribution >= 0.6 is 23.2 Å². The number of hydrogen-bond donors (Lipinski definition) is 2. The van der Waals surface area contributed by atoms with Gasteiger partial charge in [0.05, 0.1) is 17.4 Å². The first-order valence-electron chi connectivity index (χ1n) is 6.45. The smallest absolute Gasteiger partial charge is 0.124 e. The predicted octanol–water partition coefficient (Wildman–Crippen LogP) is 4.69. The number of nitrogens with one attached hydrogen (secondary N) is 1. The quantitative estimate of drug-likeness (QED) is 0.540. The van der Waals surface area contributed by atoms with Crippen molar-refractivity contribution < 1.29 is 5.11 Å². The van der Waals surface area contributed by atoms with E-state index in [2.05, 4.69) is 15.5 Å². The topological polar surface area (TPSA) is 57.5 Å². The number of pyridine rings is 1. The normalized spacial score (nSPS) is 11.2. The number of hydrogen-bond acceptors (Lipinski definition) is 4. The zero-order chi connectivity index (χ0) is 15.5. The highest BCUT2D eigenvalue weighted by atomic mass is 35.5. The lowest BCUT2D eigenvalue weighted by atomic mass is 10.2. The highest BCUT2D eigenvalue weighted by molar-refractivity contribution is 6.31. The van der Waals surface area contributed by atoms with E-state index in [1.54, 1.807) is 30.5 Å². The summed E-state index contributed by atoms with van der Waals surface area (Å²) in [5.41, 5.74) is 5.03. The fraction of sp³-hybridized carbons (Fsp3) is 0. The van der Waals surface area contributed by atoms with Crippen molar-refractivity contribution in [2.75, 3.05) is 5.43 Å². The molecule has 2 aromatic carbocycles. The molecular formula is C16H11Cl2N3O. The van der Waals surface area contributed by atoms with Crippen LogP contribution in [0.3, 0.4) is 0 Å². The Hall–Kier alpha value is -2.30.